The third-order valence-corrected chi connectivity index (χ3v) is 5.42. The number of amides is 1. The number of carbonyl (C=O) groups excluding carboxylic acids is 1. The number of nitrogens with zero attached hydrogens (tertiary/aromatic N) is 1. The summed E-state index contributed by atoms with van der Waals surface area (Å²) in [5.41, 5.74) is 0. The van der Waals surface area contributed by atoms with E-state index in [0.717, 1.165) is 0 Å². The normalized spacial score (nSPS) is 17.6. The minimum Gasteiger partial charge on any atom is -0.447 e. The molecular weight excluding hydrogens is 266 g/mol. The maximum absolute atomic E-state index is 12.7. The minimum atomic E-state index is -3.59. The molecule has 0 bridgehead atoms. The topological polar surface area (TPSA) is 63.7 Å². The monoisotopic (exact) mass is 283 g/mol. The van der Waals surface area contributed by atoms with Crippen molar-refractivity contribution in [2.24, 2.45) is 5.92 Å². The van der Waals surface area contributed by atoms with Gasteiger partial charge >= 0.3 is 6.09 Å². The summed E-state index contributed by atoms with van der Waals surface area (Å²) < 4.78 is 30.2. The summed E-state index contributed by atoms with van der Waals surface area (Å²) in [7, 11) is -3.59. The lowest BCUT2D eigenvalue weighted by Crippen LogP contribution is -2.45. The van der Waals surface area contributed by atoms with Crippen LogP contribution in [-0.4, -0.2) is 37.9 Å². The number of cyclic esters (lactones) is 1. The lowest BCUT2D eigenvalue weighted by atomic mass is 10.2. The van der Waals surface area contributed by atoms with Crippen molar-refractivity contribution in [3.8, 4) is 0 Å². The summed E-state index contributed by atoms with van der Waals surface area (Å²) in [6.45, 7) is 4.13. The van der Waals surface area contributed by atoms with Gasteiger partial charge in [0.25, 0.3) is 0 Å². The van der Waals surface area contributed by atoms with E-state index >= 15 is 0 Å². The molecule has 0 spiro atoms. The Morgan fingerprint density at radius 3 is 2.32 bits per heavy atom. The Morgan fingerprint density at radius 2 is 1.84 bits per heavy atom. The third kappa shape index (κ3) is 2.58. The Hall–Kier alpha value is -1.56. The van der Waals surface area contributed by atoms with Crippen LogP contribution in [0.1, 0.15) is 13.8 Å². The second-order valence-corrected chi connectivity index (χ2v) is 6.84. The van der Waals surface area contributed by atoms with Crippen molar-refractivity contribution >= 4 is 15.9 Å². The van der Waals surface area contributed by atoms with Crippen molar-refractivity contribution in [1.82, 2.24) is 4.90 Å². The molecule has 1 unspecified atom stereocenters. The largest absolute Gasteiger partial charge is 0.447 e. The Bertz CT molecular complexity index is 553. The molecule has 1 aliphatic rings. The molecule has 104 valence electrons. The first-order valence-corrected chi connectivity index (χ1v) is 7.71. The van der Waals surface area contributed by atoms with Crippen LogP contribution in [-0.2, 0) is 14.6 Å². The molecule has 19 heavy (non-hydrogen) atoms. The number of hydrogen-bond donors (Lipinski definition) is 0. The maximum Gasteiger partial charge on any atom is 0.411 e. The molecule has 1 saturated heterocycles. The molecule has 0 aromatic heterocycles. The number of benzene rings is 1. The molecule has 5 nitrogen and oxygen atoms in total. The van der Waals surface area contributed by atoms with E-state index < -0.39 is 21.3 Å². The Balaban J connectivity index is 2.42. The van der Waals surface area contributed by atoms with E-state index in [0.29, 0.717) is 6.54 Å². The van der Waals surface area contributed by atoms with E-state index in [9.17, 15) is 13.2 Å². The Morgan fingerprint density at radius 1 is 1.21 bits per heavy atom. The van der Waals surface area contributed by atoms with E-state index in [4.69, 9.17) is 4.74 Å². The van der Waals surface area contributed by atoms with Crippen molar-refractivity contribution in [3.63, 3.8) is 0 Å². The minimum absolute atomic E-state index is 0.212. The molecule has 1 fully saturated rings. The second kappa shape index (κ2) is 5.21. The van der Waals surface area contributed by atoms with Crippen molar-refractivity contribution < 1.29 is 17.9 Å². The van der Waals surface area contributed by atoms with Crippen LogP contribution in [0.15, 0.2) is 35.2 Å². The molecular formula is C13H17NO4S. The standard InChI is InChI=1S/C13H17NO4S/c1-10(2)12(14-8-9-18-13(14)15)19(16,17)11-6-4-3-5-7-11/h3-7,10,12H,8-9H2,1-2H3. The highest BCUT2D eigenvalue weighted by Crippen LogP contribution is 2.26. The lowest BCUT2D eigenvalue weighted by Gasteiger charge is -2.28. The molecule has 1 aliphatic heterocycles. The summed E-state index contributed by atoms with van der Waals surface area (Å²) in [5, 5.41) is -0.884. The van der Waals surface area contributed by atoms with Gasteiger partial charge in [0.15, 0.2) is 9.84 Å². The molecule has 0 N–H and O–H groups in total. The van der Waals surface area contributed by atoms with Gasteiger partial charge in [-0.25, -0.2) is 13.2 Å². The van der Waals surface area contributed by atoms with Crippen molar-refractivity contribution in [2.75, 3.05) is 13.2 Å². The first-order valence-electron chi connectivity index (χ1n) is 6.17. The lowest BCUT2D eigenvalue weighted by molar-refractivity contribution is 0.150. The zero-order valence-electron chi connectivity index (χ0n) is 10.9. The SMILES string of the molecule is CC(C)C(N1CCOC1=O)S(=O)(=O)c1ccccc1. The molecule has 0 saturated carbocycles. The first-order chi connectivity index (χ1) is 8.94. The van der Waals surface area contributed by atoms with E-state index in [1.165, 1.54) is 4.90 Å². The summed E-state index contributed by atoms with van der Waals surface area (Å²) in [6.07, 6.45) is -0.557. The molecule has 1 heterocycles. The second-order valence-electron chi connectivity index (χ2n) is 4.80. The van der Waals surface area contributed by atoms with Gasteiger partial charge in [-0.3, -0.25) is 4.90 Å². The van der Waals surface area contributed by atoms with Crippen molar-refractivity contribution in [2.45, 2.75) is 24.1 Å². The van der Waals surface area contributed by atoms with Crippen LogP contribution >= 0.6 is 0 Å². The number of hydrogen-bond acceptors (Lipinski definition) is 4. The number of sulfone groups is 1. The molecule has 1 aromatic carbocycles. The van der Waals surface area contributed by atoms with Gasteiger partial charge in [-0.05, 0) is 18.1 Å². The van der Waals surface area contributed by atoms with Gasteiger partial charge in [0.05, 0.1) is 11.4 Å². The summed E-state index contributed by atoms with van der Waals surface area (Å²) in [4.78, 5) is 13.2. The van der Waals surface area contributed by atoms with Gasteiger partial charge in [-0.2, -0.15) is 0 Å². The van der Waals surface area contributed by atoms with Crippen LogP contribution < -0.4 is 0 Å². The van der Waals surface area contributed by atoms with Crippen LogP contribution in [0.25, 0.3) is 0 Å². The Labute approximate surface area is 113 Å². The Kier molecular flexibility index (Phi) is 3.80. The van der Waals surface area contributed by atoms with Crippen LogP contribution in [0.5, 0.6) is 0 Å². The van der Waals surface area contributed by atoms with Crippen LogP contribution in [0, 0.1) is 5.92 Å². The van der Waals surface area contributed by atoms with Crippen molar-refractivity contribution in [3.05, 3.63) is 30.3 Å². The van der Waals surface area contributed by atoms with Crippen LogP contribution in [0.2, 0.25) is 0 Å². The maximum atomic E-state index is 12.7. The quantitative estimate of drug-likeness (QED) is 0.846. The first kappa shape index (κ1) is 13.9. The smallest absolute Gasteiger partial charge is 0.411 e. The summed E-state index contributed by atoms with van der Waals surface area (Å²) in [5.74, 6) is -0.212. The van der Waals surface area contributed by atoms with Gasteiger partial charge in [-0.15, -0.1) is 0 Å². The highest BCUT2D eigenvalue weighted by Gasteiger charge is 2.40. The zero-order chi connectivity index (χ0) is 14.0. The van der Waals surface area contributed by atoms with E-state index in [-0.39, 0.29) is 17.4 Å². The molecule has 0 aliphatic carbocycles. The molecule has 1 amide bonds. The highest BCUT2D eigenvalue weighted by molar-refractivity contribution is 7.92. The zero-order valence-corrected chi connectivity index (χ0v) is 11.8. The molecule has 6 heteroatoms. The third-order valence-electron chi connectivity index (χ3n) is 3.06. The number of carbonyl (C=O) groups is 1. The fourth-order valence-corrected chi connectivity index (χ4v) is 4.33. The average Bonchev–Trinajstić information content (AvgIpc) is 2.76. The van der Waals surface area contributed by atoms with Crippen molar-refractivity contribution in [1.29, 1.82) is 0 Å². The fraction of sp³-hybridized carbons (Fsp3) is 0.462. The van der Waals surface area contributed by atoms with E-state index in [1.807, 2.05) is 0 Å². The van der Waals surface area contributed by atoms with Crippen LogP contribution in [0.4, 0.5) is 4.79 Å². The fourth-order valence-electron chi connectivity index (χ4n) is 2.27. The number of ether oxygens (including phenoxy) is 1. The van der Waals surface area contributed by atoms with Gasteiger partial charge < -0.3 is 4.74 Å². The predicted octanol–water partition coefficient (Wildman–Crippen LogP) is 1.89. The molecule has 1 atom stereocenters. The number of rotatable bonds is 4. The van der Waals surface area contributed by atoms with Gasteiger partial charge in [0, 0.05) is 0 Å². The van der Waals surface area contributed by atoms with Gasteiger partial charge in [0.2, 0.25) is 0 Å². The summed E-state index contributed by atoms with van der Waals surface area (Å²) >= 11 is 0. The molecule has 2 rings (SSSR count). The predicted molar refractivity (Wildman–Crippen MR) is 70.3 cm³/mol. The van der Waals surface area contributed by atoms with E-state index in [1.54, 1.807) is 44.2 Å². The van der Waals surface area contributed by atoms with Gasteiger partial charge in [0.1, 0.15) is 12.0 Å². The highest BCUT2D eigenvalue weighted by atomic mass is 32.2. The summed E-state index contributed by atoms with van der Waals surface area (Å²) in [6, 6.07) is 8.20. The van der Waals surface area contributed by atoms with Gasteiger partial charge in [-0.1, -0.05) is 32.0 Å². The van der Waals surface area contributed by atoms with Crippen LogP contribution in [0.3, 0.4) is 0 Å². The molecule has 1 aromatic rings. The average molecular weight is 283 g/mol. The molecule has 0 radical (unpaired) electrons. The van der Waals surface area contributed by atoms with E-state index in [2.05, 4.69) is 0 Å².